The highest BCUT2D eigenvalue weighted by atomic mass is 31.2. The van der Waals surface area contributed by atoms with Crippen molar-refractivity contribution in [3.63, 3.8) is 0 Å². The third-order valence-electron chi connectivity index (χ3n) is 10.0. The van der Waals surface area contributed by atoms with Gasteiger partial charge in [-0.3, -0.25) is 23.8 Å². The molecule has 10 nitrogen and oxygen atoms in total. The number of unbranched alkanes of at least 4 members (excludes halogenated alkanes) is 15. The van der Waals surface area contributed by atoms with E-state index in [1.54, 1.807) is 0 Å². The van der Waals surface area contributed by atoms with Gasteiger partial charge in [-0.05, 0) is 50.9 Å². The molecule has 0 aromatic carbocycles. The third kappa shape index (κ3) is 24.5. The van der Waals surface area contributed by atoms with Crippen LogP contribution < -0.4 is 5.32 Å². The molecular weight excluding hydrogens is 715 g/mol. The Bertz CT molecular complexity index is 1070. The van der Waals surface area contributed by atoms with Crippen LogP contribution in [-0.4, -0.2) is 62.3 Å². The number of amides is 1. The number of phosphoric acid groups is 1. The van der Waals surface area contributed by atoms with Gasteiger partial charge in [0.05, 0.1) is 19.3 Å². The van der Waals surface area contributed by atoms with E-state index < -0.39 is 38.5 Å². The zero-order chi connectivity index (χ0) is 40.6. The maximum Gasteiger partial charge on any atom is 0.475 e. The highest BCUT2D eigenvalue weighted by Crippen LogP contribution is 2.52. The zero-order valence-electron chi connectivity index (χ0n) is 35.6. The molecule has 1 rings (SSSR count). The smallest absolute Gasteiger partial charge is 0.450 e. The molecule has 0 unspecified atom stereocenters. The lowest BCUT2D eigenvalue weighted by molar-refractivity contribution is -0.249. The second kappa shape index (κ2) is 33.2. The van der Waals surface area contributed by atoms with Gasteiger partial charge < -0.3 is 19.5 Å². The fourth-order valence-corrected chi connectivity index (χ4v) is 8.11. The fourth-order valence-electron chi connectivity index (χ4n) is 6.78. The molecular formula is C44H81N2O8P. The summed E-state index contributed by atoms with van der Waals surface area (Å²) in [5.41, 5.74) is 0. The number of carbonyl (C=O) groups excluding carboxylic acids is 1. The monoisotopic (exact) mass is 797 g/mol. The Morgan fingerprint density at radius 2 is 1.35 bits per heavy atom. The second-order valence-corrected chi connectivity index (χ2v) is 16.8. The number of nitrogens with one attached hydrogen (secondary N) is 2. The summed E-state index contributed by atoms with van der Waals surface area (Å²) in [6.07, 6.45) is 28.3. The molecule has 1 amide bonds. The lowest BCUT2D eigenvalue weighted by Gasteiger charge is -2.46. The Morgan fingerprint density at radius 3 is 1.91 bits per heavy atom. The average Bonchev–Trinajstić information content (AvgIpc) is 3.16. The van der Waals surface area contributed by atoms with Crippen molar-refractivity contribution in [1.29, 1.82) is 5.41 Å². The van der Waals surface area contributed by atoms with Crippen LogP contribution in [-0.2, 0) is 37.1 Å². The summed E-state index contributed by atoms with van der Waals surface area (Å²) in [6, 6.07) is -0.845. The Balaban J connectivity index is 2.95. The Labute approximate surface area is 336 Å². The van der Waals surface area contributed by atoms with Gasteiger partial charge in [0.15, 0.2) is 5.90 Å². The van der Waals surface area contributed by atoms with Crippen LogP contribution >= 0.6 is 7.82 Å². The van der Waals surface area contributed by atoms with Gasteiger partial charge in [-0.15, -0.1) is 13.2 Å². The first kappa shape index (κ1) is 51.2. The van der Waals surface area contributed by atoms with E-state index >= 15 is 0 Å². The Kier molecular flexibility index (Phi) is 30.9. The molecule has 1 saturated heterocycles. The molecule has 1 aliphatic heterocycles. The summed E-state index contributed by atoms with van der Waals surface area (Å²) in [7, 11) is -4.14. The summed E-state index contributed by atoms with van der Waals surface area (Å²) in [5, 5.41) is 11.2. The number of rotatable bonds is 36. The molecule has 55 heavy (non-hydrogen) atoms. The van der Waals surface area contributed by atoms with Gasteiger partial charge in [-0.1, -0.05) is 142 Å². The van der Waals surface area contributed by atoms with Gasteiger partial charge in [-0.25, -0.2) is 4.57 Å². The van der Waals surface area contributed by atoms with Gasteiger partial charge in [-0.2, -0.15) is 0 Å². The molecule has 1 heterocycles. The van der Waals surface area contributed by atoms with E-state index in [0.29, 0.717) is 25.4 Å². The summed E-state index contributed by atoms with van der Waals surface area (Å²) in [4.78, 5) is 13.5. The molecule has 0 radical (unpaired) electrons. The van der Waals surface area contributed by atoms with Gasteiger partial charge in [0.2, 0.25) is 12.2 Å². The van der Waals surface area contributed by atoms with Crippen molar-refractivity contribution in [2.45, 2.75) is 207 Å². The van der Waals surface area contributed by atoms with Crippen LogP contribution in [0.2, 0.25) is 0 Å². The molecule has 0 bridgehead atoms. The van der Waals surface area contributed by atoms with Crippen LogP contribution in [0, 0.1) is 11.3 Å². The minimum atomic E-state index is -4.14. The first-order valence-corrected chi connectivity index (χ1v) is 23.3. The molecule has 0 spiro atoms. The minimum absolute atomic E-state index is 0.0540. The van der Waals surface area contributed by atoms with E-state index in [2.05, 4.69) is 51.4 Å². The second-order valence-electron chi connectivity index (χ2n) is 15.2. The molecule has 0 aromatic rings. The van der Waals surface area contributed by atoms with E-state index in [9.17, 15) is 9.36 Å². The van der Waals surface area contributed by atoms with Gasteiger partial charge in [0.1, 0.15) is 18.2 Å². The summed E-state index contributed by atoms with van der Waals surface area (Å²) in [6.45, 7) is 17.7. The Morgan fingerprint density at radius 1 is 0.800 bits per heavy atom. The number of phosphoric ester groups is 1. The molecule has 11 heteroatoms. The van der Waals surface area contributed by atoms with E-state index in [1.165, 1.54) is 109 Å². The minimum Gasteiger partial charge on any atom is -0.450 e. The van der Waals surface area contributed by atoms with Crippen molar-refractivity contribution in [3.8, 4) is 0 Å². The first-order valence-electron chi connectivity index (χ1n) is 21.9. The first-order chi connectivity index (χ1) is 26.6. The van der Waals surface area contributed by atoms with Crippen LogP contribution in [0.5, 0.6) is 0 Å². The van der Waals surface area contributed by atoms with Crippen molar-refractivity contribution in [1.82, 2.24) is 5.32 Å². The van der Waals surface area contributed by atoms with Crippen LogP contribution in [0.15, 0.2) is 37.5 Å². The molecule has 1 aliphatic rings. The fraction of sp³-hybridized carbons (Fsp3) is 0.818. The highest BCUT2D eigenvalue weighted by Gasteiger charge is 2.51. The third-order valence-corrected chi connectivity index (χ3v) is 11.4. The van der Waals surface area contributed by atoms with Crippen molar-refractivity contribution in [3.05, 3.63) is 37.5 Å². The maximum absolute atomic E-state index is 13.9. The van der Waals surface area contributed by atoms with Gasteiger partial charge >= 0.3 is 7.82 Å². The number of allylic oxidation sites excluding steroid dienone is 2. The molecule has 2 N–H and O–H groups in total. The molecule has 6 atom stereocenters. The summed E-state index contributed by atoms with van der Waals surface area (Å²) < 4.78 is 50.1. The normalized spacial score (nSPS) is 20.7. The van der Waals surface area contributed by atoms with Crippen molar-refractivity contribution >= 4 is 19.6 Å². The van der Waals surface area contributed by atoms with Gasteiger partial charge in [0.25, 0.3) is 0 Å². The maximum atomic E-state index is 13.9. The summed E-state index contributed by atoms with van der Waals surface area (Å²) >= 11 is 0. The van der Waals surface area contributed by atoms with E-state index in [4.69, 9.17) is 33.2 Å². The number of hydrogen-bond donors (Lipinski definition) is 2. The van der Waals surface area contributed by atoms with Crippen LogP contribution in [0.1, 0.15) is 176 Å². The predicted molar refractivity (Wildman–Crippen MR) is 226 cm³/mol. The standard InChI is InChI=1S/C44H81N2O8P/c1-8-13-15-17-18-19-20-21-22-23-24-25-26-28-30-32-40(47)46-41-43(49-36-33-37(6)31-29-27-16-14-9-2)42(39(12-5)53-44(41)52-38(7)45)54-55(48,50-34-10-3)51-35-11-4/h10-11,19-20,37,39,41-45H,3-4,8-9,12-18,21-36H2,1-2,5-7H3,(H,46,47)/b20-19-,45-38?/t37-,39-,41-,42-,43-,44+/m1/s1. The number of hydrogen-bond acceptors (Lipinski definition) is 9. The molecule has 0 saturated carbocycles. The molecule has 320 valence electrons. The predicted octanol–water partition coefficient (Wildman–Crippen LogP) is 12.3. The SMILES string of the molecule is C=CCOP(=O)(OCC=C)O[C@H]1[C@H](OCC[C@H](C)CCCCCCC)[C@@H](NC(=O)CCCCCCCCC/C=C\CCCCCC)[C@@H](OC(C)=N)O[C@@H]1CC. The van der Waals surface area contributed by atoms with Crippen molar-refractivity contribution in [2.75, 3.05) is 19.8 Å². The van der Waals surface area contributed by atoms with Crippen LogP contribution in [0.25, 0.3) is 0 Å². The van der Waals surface area contributed by atoms with Crippen molar-refractivity contribution < 1.29 is 37.1 Å². The molecule has 0 aliphatic carbocycles. The van der Waals surface area contributed by atoms with Crippen LogP contribution in [0.3, 0.4) is 0 Å². The number of ether oxygens (including phenoxy) is 3. The van der Waals surface area contributed by atoms with E-state index in [0.717, 1.165) is 38.5 Å². The molecule has 0 aromatic heterocycles. The highest BCUT2D eigenvalue weighted by molar-refractivity contribution is 7.48. The number of carbonyl (C=O) groups is 1. The van der Waals surface area contributed by atoms with Crippen molar-refractivity contribution in [2.24, 2.45) is 5.92 Å². The Hall–Kier alpha value is -1.81. The van der Waals surface area contributed by atoms with E-state index in [-0.39, 0.29) is 25.0 Å². The van der Waals surface area contributed by atoms with Crippen LogP contribution in [0.4, 0.5) is 0 Å². The average molecular weight is 797 g/mol. The lowest BCUT2D eigenvalue weighted by atomic mass is 9.94. The largest absolute Gasteiger partial charge is 0.475 e. The topological polar surface area (TPSA) is 125 Å². The zero-order valence-corrected chi connectivity index (χ0v) is 36.5. The summed E-state index contributed by atoms with van der Waals surface area (Å²) in [5.74, 6) is 0.219. The van der Waals surface area contributed by atoms with E-state index in [1.807, 2.05) is 6.92 Å². The van der Waals surface area contributed by atoms with Gasteiger partial charge in [0, 0.05) is 20.0 Å². The quantitative estimate of drug-likeness (QED) is 0.0211. The lowest BCUT2D eigenvalue weighted by Crippen LogP contribution is -2.65. The molecule has 1 fully saturated rings.